The Morgan fingerprint density at radius 3 is 2.59 bits per heavy atom. The fourth-order valence-corrected chi connectivity index (χ4v) is 4.12. The number of halogens is 1. The van der Waals surface area contributed by atoms with E-state index in [1.807, 2.05) is 47.4 Å². The van der Waals surface area contributed by atoms with Gasteiger partial charge < -0.3 is 14.8 Å². The van der Waals surface area contributed by atoms with Crippen LogP contribution in [0.4, 0.5) is 5.69 Å². The van der Waals surface area contributed by atoms with Crippen molar-refractivity contribution in [1.29, 1.82) is 0 Å². The third kappa shape index (κ3) is 4.21. The van der Waals surface area contributed by atoms with Crippen molar-refractivity contribution >= 4 is 46.3 Å². The second-order valence-electron chi connectivity index (χ2n) is 7.03. The first-order chi connectivity index (χ1) is 14.0. The second kappa shape index (κ2) is 8.39. The van der Waals surface area contributed by atoms with Gasteiger partial charge in [-0.3, -0.25) is 14.2 Å². The van der Waals surface area contributed by atoms with Crippen molar-refractivity contribution < 1.29 is 4.79 Å². The summed E-state index contributed by atoms with van der Waals surface area (Å²) >= 11 is 11.4. The zero-order chi connectivity index (χ0) is 20.4. The summed E-state index contributed by atoms with van der Waals surface area (Å²) in [6.45, 7) is 3.06. The molecule has 0 saturated carbocycles. The smallest absolute Gasteiger partial charge is 0.262 e. The summed E-state index contributed by atoms with van der Waals surface area (Å²) in [5.41, 5.74) is 1.61. The van der Waals surface area contributed by atoms with Crippen molar-refractivity contribution in [3.8, 4) is 0 Å². The molecule has 0 radical (unpaired) electrons. The highest BCUT2D eigenvalue weighted by molar-refractivity contribution is 7.71. The summed E-state index contributed by atoms with van der Waals surface area (Å²) in [5.74, 6) is 0.0326. The number of aromatic amines is 1. The minimum absolute atomic E-state index is 0.0326. The van der Waals surface area contributed by atoms with Crippen LogP contribution < -0.4 is 10.5 Å². The number of carbonyl (C=O) groups is 1. The molecule has 6 nitrogen and oxygen atoms in total. The highest BCUT2D eigenvalue weighted by Crippen LogP contribution is 2.21. The highest BCUT2D eigenvalue weighted by Gasteiger charge is 2.21. The molecule has 8 heteroatoms. The van der Waals surface area contributed by atoms with Crippen LogP contribution >= 0.6 is 23.8 Å². The van der Waals surface area contributed by atoms with Crippen LogP contribution in [0, 0.1) is 4.77 Å². The van der Waals surface area contributed by atoms with Gasteiger partial charge in [-0.05, 0) is 42.5 Å². The third-order valence-electron chi connectivity index (χ3n) is 5.24. The standard InChI is InChI=1S/C21H21ClN4O2S/c22-15-4-3-5-16(14-15)24-10-12-25(13-11-24)19(27)8-9-26-20(28)17-6-1-2-7-18(17)23-21(26)29/h1-7,14H,8-13H2,(H,23,29). The van der Waals surface area contributed by atoms with Crippen LogP contribution in [0.3, 0.4) is 0 Å². The maximum absolute atomic E-state index is 12.7. The number of piperazine rings is 1. The van der Waals surface area contributed by atoms with E-state index in [0.717, 1.165) is 18.8 Å². The number of amides is 1. The van der Waals surface area contributed by atoms with Crippen LogP contribution in [0.15, 0.2) is 53.3 Å². The van der Waals surface area contributed by atoms with Gasteiger partial charge in [-0.2, -0.15) is 0 Å². The topological polar surface area (TPSA) is 61.3 Å². The van der Waals surface area contributed by atoms with Gasteiger partial charge in [-0.25, -0.2) is 0 Å². The number of para-hydroxylation sites is 1. The predicted octanol–water partition coefficient (Wildman–Crippen LogP) is 3.45. The van der Waals surface area contributed by atoms with Crippen molar-refractivity contribution in [2.45, 2.75) is 13.0 Å². The largest absolute Gasteiger partial charge is 0.368 e. The molecule has 2 heterocycles. The lowest BCUT2D eigenvalue weighted by Gasteiger charge is -2.36. The van der Waals surface area contributed by atoms with Crippen molar-refractivity contribution in [3.05, 3.63) is 68.7 Å². The van der Waals surface area contributed by atoms with E-state index in [1.54, 1.807) is 6.07 Å². The van der Waals surface area contributed by atoms with Gasteiger partial charge >= 0.3 is 0 Å². The molecule has 0 bridgehead atoms. The fraction of sp³-hybridized carbons (Fsp3) is 0.286. The first-order valence-corrected chi connectivity index (χ1v) is 10.3. The number of hydrogen-bond donors (Lipinski definition) is 1. The molecule has 150 valence electrons. The Hall–Kier alpha value is -2.64. The van der Waals surface area contributed by atoms with Gasteiger partial charge in [0.05, 0.1) is 10.9 Å². The fourth-order valence-electron chi connectivity index (χ4n) is 3.65. The van der Waals surface area contributed by atoms with E-state index in [1.165, 1.54) is 4.57 Å². The predicted molar refractivity (Wildman–Crippen MR) is 118 cm³/mol. The number of anilines is 1. The molecule has 1 saturated heterocycles. The van der Waals surface area contributed by atoms with Crippen molar-refractivity contribution in [3.63, 3.8) is 0 Å². The summed E-state index contributed by atoms with van der Waals surface area (Å²) in [5, 5.41) is 1.28. The van der Waals surface area contributed by atoms with Crippen LogP contribution in [0.25, 0.3) is 10.9 Å². The van der Waals surface area contributed by atoms with Gasteiger partial charge in [0, 0.05) is 49.9 Å². The van der Waals surface area contributed by atoms with Crippen LogP contribution in [0.2, 0.25) is 5.02 Å². The van der Waals surface area contributed by atoms with E-state index in [0.29, 0.717) is 33.8 Å². The van der Waals surface area contributed by atoms with E-state index in [4.69, 9.17) is 23.8 Å². The van der Waals surface area contributed by atoms with Gasteiger partial charge in [-0.1, -0.05) is 29.8 Å². The molecule has 1 aliphatic rings. The molecule has 0 unspecified atom stereocenters. The molecule has 1 aromatic heterocycles. The molecule has 1 fully saturated rings. The minimum atomic E-state index is -0.164. The summed E-state index contributed by atoms with van der Waals surface area (Å²) in [4.78, 5) is 32.5. The van der Waals surface area contributed by atoms with Crippen LogP contribution in [0.1, 0.15) is 6.42 Å². The molecular weight excluding hydrogens is 408 g/mol. The number of nitrogens with one attached hydrogen (secondary N) is 1. The lowest BCUT2D eigenvalue weighted by molar-refractivity contribution is -0.131. The summed E-state index contributed by atoms with van der Waals surface area (Å²) in [6, 6.07) is 15.0. The Balaban J connectivity index is 1.39. The molecule has 4 rings (SSSR count). The average molecular weight is 429 g/mol. The SMILES string of the molecule is O=C(CCn1c(=S)[nH]c2ccccc2c1=O)N1CCN(c2cccc(Cl)c2)CC1. The molecule has 29 heavy (non-hydrogen) atoms. The average Bonchev–Trinajstić information content (AvgIpc) is 2.73. The van der Waals surface area contributed by atoms with Gasteiger partial charge in [0.25, 0.3) is 5.56 Å². The normalized spacial score (nSPS) is 14.4. The van der Waals surface area contributed by atoms with E-state index in [9.17, 15) is 9.59 Å². The number of fused-ring (bicyclic) bond motifs is 1. The lowest BCUT2D eigenvalue weighted by Crippen LogP contribution is -2.49. The molecule has 0 aliphatic carbocycles. The summed E-state index contributed by atoms with van der Waals surface area (Å²) in [7, 11) is 0. The Kier molecular flexibility index (Phi) is 5.69. The maximum atomic E-state index is 12.7. The Morgan fingerprint density at radius 1 is 1.07 bits per heavy atom. The van der Waals surface area contributed by atoms with Gasteiger partial charge in [0.15, 0.2) is 4.77 Å². The van der Waals surface area contributed by atoms with E-state index < -0.39 is 0 Å². The quantitative estimate of drug-likeness (QED) is 0.646. The second-order valence-corrected chi connectivity index (χ2v) is 7.85. The van der Waals surface area contributed by atoms with Crippen molar-refractivity contribution in [2.24, 2.45) is 0 Å². The molecule has 2 aromatic carbocycles. The Bertz CT molecular complexity index is 1170. The lowest BCUT2D eigenvalue weighted by atomic mass is 10.2. The number of nitrogens with zero attached hydrogens (tertiary/aromatic N) is 3. The molecule has 3 aromatic rings. The van der Waals surface area contributed by atoms with Crippen LogP contribution in [-0.4, -0.2) is 46.5 Å². The van der Waals surface area contributed by atoms with Crippen molar-refractivity contribution in [2.75, 3.05) is 31.1 Å². The first kappa shape index (κ1) is 19.7. The van der Waals surface area contributed by atoms with Gasteiger partial charge in [0.1, 0.15) is 0 Å². The number of rotatable bonds is 4. The van der Waals surface area contributed by atoms with E-state index in [2.05, 4.69) is 9.88 Å². The zero-order valence-corrected chi connectivity index (χ0v) is 17.4. The number of benzene rings is 2. The Labute approximate surface area is 178 Å². The number of aromatic nitrogens is 2. The summed E-state index contributed by atoms with van der Waals surface area (Å²) < 4.78 is 1.81. The first-order valence-electron chi connectivity index (χ1n) is 9.53. The van der Waals surface area contributed by atoms with E-state index in [-0.39, 0.29) is 24.4 Å². The van der Waals surface area contributed by atoms with E-state index >= 15 is 0 Å². The summed E-state index contributed by atoms with van der Waals surface area (Å²) in [6.07, 6.45) is 0.243. The zero-order valence-electron chi connectivity index (χ0n) is 15.8. The minimum Gasteiger partial charge on any atom is -0.368 e. The monoisotopic (exact) mass is 428 g/mol. The maximum Gasteiger partial charge on any atom is 0.262 e. The molecule has 1 N–H and O–H groups in total. The molecule has 0 spiro atoms. The third-order valence-corrected chi connectivity index (χ3v) is 5.80. The number of H-pyrrole nitrogens is 1. The molecule has 0 atom stereocenters. The Morgan fingerprint density at radius 2 is 1.83 bits per heavy atom. The van der Waals surface area contributed by atoms with Gasteiger partial charge in [0.2, 0.25) is 5.91 Å². The molecule has 1 amide bonds. The van der Waals surface area contributed by atoms with Crippen LogP contribution in [-0.2, 0) is 11.3 Å². The molecular formula is C21H21ClN4O2S. The molecule has 1 aliphatic heterocycles. The van der Waals surface area contributed by atoms with Crippen molar-refractivity contribution in [1.82, 2.24) is 14.5 Å². The van der Waals surface area contributed by atoms with Crippen LogP contribution in [0.5, 0.6) is 0 Å². The number of carbonyl (C=O) groups excluding carboxylic acids is 1. The number of hydrogen-bond acceptors (Lipinski definition) is 4. The van der Waals surface area contributed by atoms with Gasteiger partial charge in [-0.15, -0.1) is 0 Å². The highest BCUT2D eigenvalue weighted by atomic mass is 35.5.